The van der Waals surface area contributed by atoms with E-state index >= 15 is 0 Å². The molecule has 1 amide bonds. The van der Waals surface area contributed by atoms with Crippen molar-refractivity contribution in [3.63, 3.8) is 0 Å². The van der Waals surface area contributed by atoms with Crippen LogP contribution in [0.2, 0.25) is 0 Å². The first-order chi connectivity index (χ1) is 13.3. The van der Waals surface area contributed by atoms with E-state index in [1.807, 2.05) is 30.5 Å². The lowest BCUT2D eigenvalue weighted by Crippen LogP contribution is -2.31. The van der Waals surface area contributed by atoms with Gasteiger partial charge in [-0.05, 0) is 35.6 Å². The molecule has 3 aromatic rings. The van der Waals surface area contributed by atoms with Gasteiger partial charge in [-0.25, -0.2) is 0 Å². The van der Waals surface area contributed by atoms with Gasteiger partial charge in [0.15, 0.2) is 0 Å². The average molecular weight is 357 g/mol. The molecular formula is C23H23N3O. The molecule has 2 heterocycles. The Morgan fingerprint density at radius 2 is 1.78 bits per heavy atom. The zero-order chi connectivity index (χ0) is 18.5. The van der Waals surface area contributed by atoms with Gasteiger partial charge in [0.05, 0.1) is 17.4 Å². The highest BCUT2D eigenvalue weighted by Crippen LogP contribution is 2.24. The summed E-state index contributed by atoms with van der Waals surface area (Å²) in [4.78, 5) is 19.1. The Bertz CT molecular complexity index is 924. The average Bonchev–Trinajstić information content (AvgIpc) is 2.74. The Balaban J connectivity index is 1.39. The van der Waals surface area contributed by atoms with Crippen molar-refractivity contribution < 1.29 is 4.79 Å². The first-order valence-corrected chi connectivity index (χ1v) is 9.38. The summed E-state index contributed by atoms with van der Waals surface area (Å²) in [7, 11) is 0. The number of amides is 1. The lowest BCUT2D eigenvalue weighted by Gasteiger charge is -2.30. The molecule has 0 atom stereocenters. The van der Waals surface area contributed by atoms with Crippen LogP contribution in [-0.2, 0) is 19.4 Å². The summed E-state index contributed by atoms with van der Waals surface area (Å²) < 4.78 is 0. The van der Waals surface area contributed by atoms with Gasteiger partial charge >= 0.3 is 0 Å². The van der Waals surface area contributed by atoms with Gasteiger partial charge < -0.3 is 10.2 Å². The van der Waals surface area contributed by atoms with Crippen LogP contribution in [0.15, 0.2) is 73.1 Å². The number of hydrogen-bond acceptors (Lipinski definition) is 3. The molecule has 0 saturated carbocycles. The lowest BCUT2D eigenvalue weighted by molar-refractivity contribution is 0.0954. The van der Waals surface area contributed by atoms with Gasteiger partial charge in [-0.2, -0.15) is 0 Å². The van der Waals surface area contributed by atoms with Crippen LogP contribution in [0.1, 0.15) is 27.0 Å². The van der Waals surface area contributed by atoms with E-state index in [4.69, 9.17) is 0 Å². The molecule has 0 unspecified atom stereocenters. The molecule has 0 aliphatic carbocycles. The molecule has 2 aromatic carbocycles. The Morgan fingerprint density at radius 1 is 1.00 bits per heavy atom. The molecular weight excluding hydrogens is 334 g/mol. The third-order valence-corrected chi connectivity index (χ3v) is 5.02. The number of nitrogens with zero attached hydrogens (tertiary/aromatic N) is 2. The number of anilines is 1. The Morgan fingerprint density at radius 3 is 2.63 bits per heavy atom. The molecule has 4 nitrogen and oxygen atoms in total. The summed E-state index contributed by atoms with van der Waals surface area (Å²) in [6.07, 6.45) is 5.32. The summed E-state index contributed by atoms with van der Waals surface area (Å²) in [5.74, 6) is -0.0716. The van der Waals surface area contributed by atoms with Gasteiger partial charge in [-0.15, -0.1) is 0 Å². The second-order valence-corrected chi connectivity index (χ2v) is 6.86. The second-order valence-electron chi connectivity index (χ2n) is 6.86. The maximum Gasteiger partial charge on any atom is 0.252 e. The first-order valence-electron chi connectivity index (χ1n) is 9.38. The van der Waals surface area contributed by atoms with Gasteiger partial charge in [-0.3, -0.25) is 9.78 Å². The zero-order valence-corrected chi connectivity index (χ0v) is 15.3. The maximum absolute atomic E-state index is 12.5. The maximum atomic E-state index is 12.5. The number of benzene rings is 2. The minimum Gasteiger partial charge on any atom is -0.366 e. The van der Waals surface area contributed by atoms with Gasteiger partial charge in [-0.1, -0.05) is 54.6 Å². The normalized spacial score (nSPS) is 13.1. The SMILES string of the molecule is O=C(NCCc1ccccc1)c1cncc(N2CCc3ccccc3C2)c1. The molecule has 27 heavy (non-hydrogen) atoms. The van der Waals surface area contributed by atoms with E-state index in [0.717, 1.165) is 31.6 Å². The van der Waals surface area contributed by atoms with E-state index in [1.165, 1.54) is 16.7 Å². The Hall–Kier alpha value is -3.14. The molecule has 136 valence electrons. The van der Waals surface area contributed by atoms with Crippen molar-refractivity contribution in [2.75, 3.05) is 18.0 Å². The minimum atomic E-state index is -0.0716. The van der Waals surface area contributed by atoms with Gasteiger partial charge in [0.2, 0.25) is 0 Å². The summed E-state index contributed by atoms with van der Waals surface area (Å²) in [5.41, 5.74) is 5.59. The van der Waals surface area contributed by atoms with E-state index in [0.29, 0.717) is 12.1 Å². The van der Waals surface area contributed by atoms with E-state index in [1.54, 1.807) is 6.20 Å². The van der Waals surface area contributed by atoms with Gasteiger partial charge in [0.1, 0.15) is 0 Å². The number of carbonyl (C=O) groups is 1. The number of rotatable bonds is 5. The molecule has 1 aromatic heterocycles. The number of hydrogen-bond donors (Lipinski definition) is 1. The molecule has 4 heteroatoms. The molecule has 0 fully saturated rings. The highest BCUT2D eigenvalue weighted by Gasteiger charge is 2.17. The summed E-state index contributed by atoms with van der Waals surface area (Å²) in [5, 5.41) is 3.00. The van der Waals surface area contributed by atoms with E-state index in [-0.39, 0.29) is 5.91 Å². The standard InChI is InChI=1S/C23H23N3O/c27-23(25-12-10-18-6-2-1-3-7-18)21-14-22(16-24-15-21)26-13-11-19-8-4-5-9-20(19)17-26/h1-9,14-16H,10-13,17H2,(H,25,27). The van der Waals surface area contributed by atoms with Crippen LogP contribution in [0.3, 0.4) is 0 Å². The number of pyridine rings is 1. The van der Waals surface area contributed by atoms with Crippen molar-refractivity contribution in [1.82, 2.24) is 10.3 Å². The number of nitrogens with one attached hydrogen (secondary N) is 1. The molecule has 1 N–H and O–H groups in total. The van der Waals surface area contributed by atoms with Crippen LogP contribution in [0.25, 0.3) is 0 Å². The van der Waals surface area contributed by atoms with Crippen LogP contribution >= 0.6 is 0 Å². The molecule has 0 spiro atoms. The predicted octanol–water partition coefficient (Wildman–Crippen LogP) is 3.62. The first kappa shape index (κ1) is 17.3. The Kier molecular flexibility index (Phi) is 5.15. The highest BCUT2D eigenvalue weighted by molar-refractivity contribution is 5.94. The highest BCUT2D eigenvalue weighted by atomic mass is 16.1. The van der Waals surface area contributed by atoms with Crippen molar-refractivity contribution in [2.24, 2.45) is 0 Å². The lowest BCUT2D eigenvalue weighted by atomic mass is 9.99. The van der Waals surface area contributed by atoms with Gasteiger partial charge in [0, 0.05) is 25.8 Å². The van der Waals surface area contributed by atoms with E-state index < -0.39 is 0 Å². The van der Waals surface area contributed by atoms with Crippen LogP contribution in [0.5, 0.6) is 0 Å². The van der Waals surface area contributed by atoms with Crippen LogP contribution in [0.4, 0.5) is 5.69 Å². The predicted molar refractivity (Wildman–Crippen MR) is 108 cm³/mol. The summed E-state index contributed by atoms with van der Waals surface area (Å²) >= 11 is 0. The monoisotopic (exact) mass is 357 g/mol. The van der Waals surface area contributed by atoms with Gasteiger partial charge in [0.25, 0.3) is 5.91 Å². The zero-order valence-electron chi connectivity index (χ0n) is 15.3. The van der Waals surface area contributed by atoms with Crippen molar-refractivity contribution in [2.45, 2.75) is 19.4 Å². The smallest absolute Gasteiger partial charge is 0.252 e. The van der Waals surface area contributed by atoms with Crippen LogP contribution in [0, 0.1) is 0 Å². The molecule has 4 rings (SSSR count). The Labute approximate surface area is 159 Å². The summed E-state index contributed by atoms with van der Waals surface area (Å²) in [6, 6.07) is 20.7. The second kappa shape index (κ2) is 8.04. The van der Waals surface area contributed by atoms with Crippen LogP contribution in [-0.4, -0.2) is 24.0 Å². The quantitative estimate of drug-likeness (QED) is 0.759. The molecule has 0 bridgehead atoms. The minimum absolute atomic E-state index is 0.0716. The molecule has 1 aliphatic rings. The molecule has 1 aliphatic heterocycles. The van der Waals surface area contributed by atoms with Crippen molar-refractivity contribution in [3.05, 3.63) is 95.3 Å². The number of carbonyl (C=O) groups excluding carboxylic acids is 1. The number of fused-ring (bicyclic) bond motifs is 1. The van der Waals surface area contributed by atoms with Crippen molar-refractivity contribution in [1.29, 1.82) is 0 Å². The fourth-order valence-corrected chi connectivity index (χ4v) is 3.51. The van der Waals surface area contributed by atoms with E-state index in [9.17, 15) is 4.79 Å². The fourth-order valence-electron chi connectivity index (χ4n) is 3.51. The summed E-state index contributed by atoms with van der Waals surface area (Å²) in [6.45, 7) is 2.42. The van der Waals surface area contributed by atoms with Crippen LogP contribution < -0.4 is 10.2 Å². The topological polar surface area (TPSA) is 45.2 Å². The number of aromatic nitrogens is 1. The van der Waals surface area contributed by atoms with Crippen molar-refractivity contribution >= 4 is 11.6 Å². The third-order valence-electron chi connectivity index (χ3n) is 5.02. The third kappa shape index (κ3) is 4.17. The van der Waals surface area contributed by atoms with Crippen molar-refractivity contribution in [3.8, 4) is 0 Å². The molecule has 0 radical (unpaired) electrons. The largest absolute Gasteiger partial charge is 0.366 e. The molecule has 0 saturated heterocycles. The van der Waals surface area contributed by atoms with E-state index in [2.05, 4.69) is 51.6 Å². The fraction of sp³-hybridized carbons (Fsp3) is 0.217.